The van der Waals surface area contributed by atoms with Crippen LogP contribution >= 0.6 is 11.3 Å². The summed E-state index contributed by atoms with van der Waals surface area (Å²) in [6, 6.07) is 12.5. The van der Waals surface area contributed by atoms with E-state index in [2.05, 4.69) is 4.98 Å². The molecule has 0 bridgehead atoms. The number of esters is 1. The second-order valence-corrected chi connectivity index (χ2v) is 9.39. The molecule has 38 heavy (non-hydrogen) atoms. The van der Waals surface area contributed by atoms with Crippen molar-refractivity contribution in [3.63, 3.8) is 0 Å². The van der Waals surface area contributed by atoms with Crippen molar-refractivity contribution in [2.75, 3.05) is 25.2 Å². The maximum absolute atomic E-state index is 13.4. The predicted octanol–water partition coefficient (Wildman–Crippen LogP) is 5.05. The van der Waals surface area contributed by atoms with Gasteiger partial charge in [0, 0.05) is 11.1 Å². The first-order chi connectivity index (χ1) is 18.3. The summed E-state index contributed by atoms with van der Waals surface area (Å²) in [5.41, 5.74) is 1.07. The number of methoxy groups -OCH3 is 1. The molecule has 1 unspecified atom stereocenters. The Balaban J connectivity index is 1.88. The smallest absolute Gasteiger partial charge is 0.350 e. The molecule has 3 aromatic rings. The summed E-state index contributed by atoms with van der Waals surface area (Å²) < 4.78 is 16.3. The number of carbonyl (C=O) groups excluding carboxylic acids is 3. The van der Waals surface area contributed by atoms with E-state index in [9.17, 15) is 19.5 Å². The number of aliphatic hydroxyl groups excluding tert-OH is 1. The minimum atomic E-state index is -1.05. The van der Waals surface area contributed by atoms with Crippen molar-refractivity contribution in [3.05, 3.63) is 75.8 Å². The van der Waals surface area contributed by atoms with Gasteiger partial charge in [-0.3, -0.25) is 14.5 Å². The van der Waals surface area contributed by atoms with E-state index in [0.29, 0.717) is 34.9 Å². The van der Waals surface area contributed by atoms with E-state index in [0.717, 1.165) is 17.8 Å². The van der Waals surface area contributed by atoms with Gasteiger partial charge in [0.2, 0.25) is 0 Å². The summed E-state index contributed by atoms with van der Waals surface area (Å²) in [4.78, 5) is 45.2. The molecule has 1 saturated heterocycles. The number of aliphatic hydroxyl groups is 1. The summed E-state index contributed by atoms with van der Waals surface area (Å²) in [6.45, 7) is 6.04. The number of nitrogens with zero attached hydrogens (tertiary/aromatic N) is 2. The Morgan fingerprint density at radius 2 is 1.82 bits per heavy atom. The second-order valence-electron chi connectivity index (χ2n) is 8.42. The highest BCUT2D eigenvalue weighted by Gasteiger charge is 2.49. The van der Waals surface area contributed by atoms with Gasteiger partial charge in [-0.05, 0) is 50.6 Å². The SMILES string of the molecule is CCCOc1ccc(/C(O)=C2\C(=O)C(=O)N(c3nc(C)c(C(=O)OCC)s3)C2c2ccccc2OC)cc1. The van der Waals surface area contributed by atoms with Gasteiger partial charge in [-0.2, -0.15) is 0 Å². The number of aromatic nitrogens is 1. The Labute approximate surface area is 224 Å². The number of hydrogen-bond acceptors (Lipinski definition) is 9. The van der Waals surface area contributed by atoms with Crippen molar-refractivity contribution in [2.24, 2.45) is 0 Å². The molecule has 1 aromatic heterocycles. The monoisotopic (exact) mass is 536 g/mol. The lowest BCUT2D eigenvalue weighted by molar-refractivity contribution is -0.132. The molecule has 9 nitrogen and oxygen atoms in total. The fourth-order valence-corrected chi connectivity index (χ4v) is 5.16. The number of rotatable bonds is 9. The number of para-hydroxylation sites is 1. The Bertz CT molecular complexity index is 1390. The highest BCUT2D eigenvalue weighted by atomic mass is 32.1. The molecule has 1 atom stereocenters. The van der Waals surface area contributed by atoms with Gasteiger partial charge in [-0.25, -0.2) is 9.78 Å². The van der Waals surface area contributed by atoms with Crippen LogP contribution in [0.1, 0.15) is 52.8 Å². The molecule has 198 valence electrons. The fourth-order valence-electron chi connectivity index (χ4n) is 4.17. The van der Waals surface area contributed by atoms with Gasteiger partial charge in [0.25, 0.3) is 5.78 Å². The van der Waals surface area contributed by atoms with Crippen molar-refractivity contribution >= 4 is 39.9 Å². The van der Waals surface area contributed by atoms with Gasteiger partial charge >= 0.3 is 11.9 Å². The van der Waals surface area contributed by atoms with Gasteiger partial charge in [-0.1, -0.05) is 36.5 Å². The number of carbonyl (C=O) groups is 3. The number of ketones is 1. The van der Waals surface area contributed by atoms with Gasteiger partial charge in [0.15, 0.2) is 5.13 Å². The lowest BCUT2D eigenvalue weighted by atomic mass is 9.94. The largest absolute Gasteiger partial charge is 0.507 e. The Hall–Kier alpha value is -4.18. The summed E-state index contributed by atoms with van der Waals surface area (Å²) >= 11 is 0.947. The fraction of sp³-hybridized carbons (Fsp3) is 0.286. The van der Waals surface area contributed by atoms with Crippen LogP contribution in [0.3, 0.4) is 0 Å². The Morgan fingerprint density at radius 1 is 1.11 bits per heavy atom. The standard InChI is InChI=1S/C28H28N2O7S/c1-5-15-37-18-13-11-17(12-14-18)23(31)21-22(19-9-7-8-10-20(19)35-4)30(26(33)24(21)32)28-29-16(3)25(38-28)27(34)36-6-2/h7-14,22,31H,5-6,15H2,1-4H3/b23-21+. The molecule has 1 N–H and O–H groups in total. The van der Waals surface area contributed by atoms with E-state index in [4.69, 9.17) is 14.2 Å². The third-order valence-electron chi connectivity index (χ3n) is 5.93. The zero-order valence-corrected chi connectivity index (χ0v) is 22.3. The van der Waals surface area contributed by atoms with E-state index in [1.54, 1.807) is 62.4 Å². The molecule has 0 spiro atoms. The van der Waals surface area contributed by atoms with E-state index >= 15 is 0 Å². The van der Waals surface area contributed by atoms with Crippen LogP contribution in [0.15, 0.2) is 54.1 Å². The number of benzene rings is 2. The Kier molecular flexibility index (Phi) is 8.11. The van der Waals surface area contributed by atoms with Crippen LogP contribution in [0.5, 0.6) is 11.5 Å². The molecular formula is C28H28N2O7S. The number of Topliss-reactive ketones (excluding diaryl/α,β-unsaturated/α-hetero) is 1. The van der Waals surface area contributed by atoms with Gasteiger partial charge in [-0.15, -0.1) is 0 Å². The molecule has 1 fully saturated rings. The van der Waals surface area contributed by atoms with Crippen molar-refractivity contribution < 1.29 is 33.7 Å². The highest BCUT2D eigenvalue weighted by molar-refractivity contribution is 7.17. The van der Waals surface area contributed by atoms with E-state index in [1.165, 1.54) is 12.0 Å². The zero-order chi connectivity index (χ0) is 27.4. The van der Waals surface area contributed by atoms with Crippen LogP contribution in [0.25, 0.3) is 5.76 Å². The average Bonchev–Trinajstić information content (AvgIpc) is 3.43. The minimum absolute atomic E-state index is 0.118. The lowest BCUT2D eigenvalue weighted by Crippen LogP contribution is -2.29. The molecule has 1 aliphatic rings. The molecule has 4 rings (SSSR count). The second kappa shape index (κ2) is 11.5. The Morgan fingerprint density at radius 3 is 2.47 bits per heavy atom. The number of hydrogen-bond donors (Lipinski definition) is 1. The molecule has 1 aliphatic heterocycles. The summed E-state index contributed by atoms with van der Waals surface area (Å²) in [5.74, 6) is -1.63. The van der Waals surface area contributed by atoms with Gasteiger partial charge < -0.3 is 19.3 Å². The quantitative estimate of drug-likeness (QED) is 0.175. The molecule has 2 aromatic carbocycles. The van der Waals surface area contributed by atoms with Crippen LogP contribution in [0.4, 0.5) is 5.13 Å². The van der Waals surface area contributed by atoms with E-state index in [-0.39, 0.29) is 27.9 Å². The zero-order valence-electron chi connectivity index (χ0n) is 21.5. The maximum atomic E-state index is 13.4. The van der Waals surface area contributed by atoms with Crippen LogP contribution in [0, 0.1) is 6.92 Å². The first-order valence-electron chi connectivity index (χ1n) is 12.1. The van der Waals surface area contributed by atoms with Crippen LogP contribution < -0.4 is 14.4 Å². The van der Waals surface area contributed by atoms with E-state index < -0.39 is 23.7 Å². The molecule has 10 heteroatoms. The first kappa shape index (κ1) is 26.9. The predicted molar refractivity (Wildman–Crippen MR) is 143 cm³/mol. The van der Waals surface area contributed by atoms with Gasteiger partial charge in [0.05, 0.1) is 31.6 Å². The van der Waals surface area contributed by atoms with Crippen molar-refractivity contribution in [2.45, 2.75) is 33.2 Å². The van der Waals surface area contributed by atoms with Crippen LogP contribution in [-0.2, 0) is 14.3 Å². The van der Waals surface area contributed by atoms with Gasteiger partial charge in [0.1, 0.15) is 28.2 Å². The molecule has 0 aliphatic carbocycles. The van der Waals surface area contributed by atoms with Crippen molar-refractivity contribution in [3.8, 4) is 11.5 Å². The van der Waals surface area contributed by atoms with Crippen LogP contribution in [-0.4, -0.2) is 48.1 Å². The molecular weight excluding hydrogens is 508 g/mol. The first-order valence-corrected chi connectivity index (χ1v) is 13.0. The number of ether oxygens (including phenoxy) is 3. The average molecular weight is 537 g/mol. The normalized spacial score (nSPS) is 16.5. The molecule has 0 saturated carbocycles. The van der Waals surface area contributed by atoms with E-state index in [1.807, 2.05) is 6.92 Å². The van der Waals surface area contributed by atoms with Crippen LogP contribution in [0.2, 0.25) is 0 Å². The number of aryl methyl sites for hydroxylation is 1. The summed E-state index contributed by atoms with van der Waals surface area (Å²) in [5, 5.41) is 11.5. The minimum Gasteiger partial charge on any atom is -0.507 e. The number of amides is 1. The van der Waals surface area contributed by atoms with Crippen molar-refractivity contribution in [1.82, 2.24) is 4.98 Å². The summed E-state index contributed by atoms with van der Waals surface area (Å²) in [6.07, 6.45) is 0.845. The summed E-state index contributed by atoms with van der Waals surface area (Å²) in [7, 11) is 1.48. The third kappa shape index (κ3) is 4.99. The number of anilines is 1. The lowest BCUT2D eigenvalue weighted by Gasteiger charge is -2.24. The topological polar surface area (TPSA) is 115 Å². The molecule has 2 heterocycles. The third-order valence-corrected chi connectivity index (χ3v) is 7.07. The molecule has 0 radical (unpaired) electrons. The molecule has 1 amide bonds. The highest BCUT2D eigenvalue weighted by Crippen LogP contribution is 2.46. The maximum Gasteiger partial charge on any atom is 0.350 e. The number of thiazole rings is 1. The van der Waals surface area contributed by atoms with Crippen molar-refractivity contribution in [1.29, 1.82) is 0 Å².